The highest BCUT2D eigenvalue weighted by Gasteiger charge is 2.22. The Kier molecular flexibility index (Phi) is 4.75. The maximum Gasteiger partial charge on any atom is 0.253 e. The van der Waals surface area contributed by atoms with Crippen molar-refractivity contribution in [1.82, 2.24) is 9.80 Å². The largest absolute Gasteiger partial charge is 0.336 e. The Morgan fingerprint density at radius 3 is 2.30 bits per heavy atom. The minimum absolute atomic E-state index is 0.0682. The molecule has 0 unspecified atom stereocenters. The number of nitriles is 1. The van der Waals surface area contributed by atoms with Crippen molar-refractivity contribution >= 4 is 5.91 Å². The van der Waals surface area contributed by atoms with Crippen molar-refractivity contribution in [2.45, 2.75) is 13.8 Å². The number of carbonyl (C=O) groups is 1. The smallest absolute Gasteiger partial charge is 0.253 e. The molecule has 0 atom stereocenters. The van der Waals surface area contributed by atoms with Gasteiger partial charge >= 0.3 is 0 Å². The van der Waals surface area contributed by atoms with Crippen LogP contribution in [0.3, 0.4) is 0 Å². The SMILES string of the molecule is CC(C)CN1CCN(C(=O)c2ccc(C#N)cc2)CC1. The van der Waals surface area contributed by atoms with Gasteiger partial charge < -0.3 is 4.90 Å². The van der Waals surface area contributed by atoms with Gasteiger partial charge in [-0.2, -0.15) is 5.26 Å². The van der Waals surface area contributed by atoms with Crippen LogP contribution in [-0.2, 0) is 0 Å². The molecule has 0 N–H and O–H groups in total. The number of rotatable bonds is 3. The molecule has 20 heavy (non-hydrogen) atoms. The molecule has 1 aromatic rings. The van der Waals surface area contributed by atoms with Gasteiger partial charge in [-0.15, -0.1) is 0 Å². The molecule has 0 saturated carbocycles. The Morgan fingerprint density at radius 2 is 1.80 bits per heavy atom. The van der Waals surface area contributed by atoms with Crippen molar-refractivity contribution in [3.63, 3.8) is 0 Å². The van der Waals surface area contributed by atoms with Gasteiger partial charge in [0.1, 0.15) is 0 Å². The number of piperazine rings is 1. The van der Waals surface area contributed by atoms with Crippen molar-refractivity contribution in [1.29, 1.82) is 5.26 Å². The molecule has 0 spiro atoms. The second-order valence-electron chi connectivity index (χ2n) is 5.68. The van der Waals surface area contributed by atoms with E-state index < -0.39 is 0 Å². The molecule has 1 aliphatic heterocycles. The molecule has 4 nitrogen and oxygen atoms in total. The van der Waals surface area contributed by atoms with Crippen LogP contribution in [0.1, 0.15) is 29.8 Å². The van der Waals surface area contributed by atoms with Crippen LogP contribution in [0.4, 0.5) is 0 Å². The van der Waals surface area contributed by atoms with E-state index in [1.54, 1.807) is 24.3 Å². The average molecular weight is 271 g/mol. The lowest BCUT2D eigenvalue weighted by Crippen LogP contribution is -2.49. The lowest BCUT2D eigenvalue weighted by Gasteiger charge is -2.35. The highest BCUT2D eigenvalue weighted by atomic mass is 16.2. The molecular formula is C16H21N3O. The second-order valence-corrected chi connectivity index (χ2v) is 5.68. The summed E-state index contributed by atoms with van der Waals surface area (Å²) in [6, 6.07) is 8.93. The number of amides is 1. The van der Waals surface area contributed by atoms with Crippen LogP contribution in [0.2, 0.25) is 0 Å². The van der Waals surface area contributed by atoms with E-state index in [4.69, 9.17) is 5.26 Å². The summed E-state index contributed by atoms with van der Waals surface area (Å²) >= 11 is 0. The fourth-order valence-corrected chi connectivity index (χ4v) is 2.52. The van der Waals surface area contributed by atoms with E-state index in [-0.39, 0.29) is 5.91 Å². The van der Waals surface area contributed by atoms with Gasteiger partial charge in [0.2, 0.25) is 0 Å². The number of nitrogens with zero attached hydrogens (tertiary/aromatic N) is 3. The minimum atomic E-state index is 0.0682. The molecule has 0 radical (unpaired) electrons. The summed E-state index contributed by atoms with van der Waals surface area (Å²) in [7, 11) is 0. The third-order valence-corrected chi connectivity index (χ3v) is 3.54. The molecule has 0 bridgehead atoms. The molecule has 1 fully saturated rings. The van der Waals surface area contributed by atoms with Crippen molar-refractivity contribution < 1.29 is 4.79 Å². The first-order valence-corrected chi connectivity index (χ1v) is 7.12. The summed E-state index contributed by atoms with van der Waals surface area (Å²) in [5, 5.41) is 8.77. The van der Waals surface area contributed by atoms with Gasteiger partial charge in [-0.25, -0.2) is 0 Å². The molecule has 1 aromatic carbocycles. The Labute approximate surface area is 120 Å². The Hall–Kier alpha value is -1.86. The van der Waals surface area contributed by atoms with E-state index in [1.165, 1.54) is 0 Å². The summed E-state index contributed by atoms with van der Waals surface area (Å²) in [5.41, 5.74) is 1.25. The third kappa shape index (κ3) is 3.58. The Morgan fingerprint density at radius 1 is 1.20 bits per heavy atom. The zero-order valence-corrected chi connectivity index (χ0v) is 12.2. The first-order valence-electron chi connectivity index (χ1n) is 7.12. The maximum atomic E-state index is 12.4. The normalized spacial score (nSPS) is 16.2. The molecule has 1 aliphatic rings. The van der Waals surface area contributed by atoms with Crippen molar-refractivity contribution in [3.8, 4) is 6.07 Å². The highest BCUT2D eigenvalue weighted by Crippen LogP contribution is 2.11. The van der Waals surface area contributed by atoms with Crippen LogP contribution >= 0.6 is 0 Å². The maximum absolute atomic E-state index is 12.4. The van der Waals surface area contributed by atoms with Crippen molar-refractivity contribution in [2.75, 3.05) is 32.7 Å². The monoisotopic (exact) mass is 271 g/mol. The van der Waals surface area contributed by atoms with Crippen molar-refractivity contribution in [3.05, 3.63) is 35.4 Å². The van der Waals surface area contributed by atoms with E-state index in [0.29, 0.717) is 17.0 Å². The Bertz CT molecular complexity index is 493. The van der Waals surface area contributed by atoms with Gasteiger partial charge in [0.15, 0.2) is 0 Å². The Balaban J connectivity index is 1.92. The van der Waals surface area contributed by atoms with Gasteiger partial charge in [-0.3, -0.25) is 9.69 Å². The van der Waals surface area contributed by atoms with Crippen LogP contribution in [-0.4, -0.2) is 48.4 Å². The topological polar surface area (TPSA) is 47.3 Å². The fraction of sp³-hybridized carbons (Fsp3) is 0.500. The summed E-state index contributed by atoms with van der Waals surface area (Å²) in [5.74, 6) is 0.731. The van der Waals surface area contributed by atoms with Gasteiger partial charge in [-0.05, 0) is 30.2 Å². The lowest BCUT2D eigenvalue weighted by molar-refractivity contribution is 0.0624. The first kappa shape index (κ1) is 14.5. The molecule has 2 rings (SSSR count). The second kappa shape index (κ2) is 6.53. The molecule has 0 aliphatic carbocycles. The number of hydrogen-bond donors (Lipinski definition) is 0. The van der Waals surface area contributed by atoms with Crippen LogP contribution in [0, 0.1) is 17.2 Å². The van der Waals surface area contributed by atoms with Crippen molar-refractivity contribution in [2.24, 2.45) is 5.92 Å². The molecule has 106 valence electrons. The standard InChI is InChI=1S/C16H21N3O/c1-13(2)12-18-7-9-19(10-8-18)16(20)15-5-3-14(11-17)4-6-15/h3-6,13H,7-10,12H2,1-2H3. The van der Waals surface area contributed by atoms with Crippen LogP contribution in [0.25, 0.3) is 0 Å². The van der Waals surface area contributed by atoms with Crippen LogP contribution in [0.15, 0.2) is 24.3 Å². The molecule has 1 heterocycles. The summed E-state index contributed by atoms with van der Waals surface area (Å²) in [6.07, 6.45) is 0. The molecule has 1 amide bonds. The van der Waals surface area contributed by atoms with E-state index in [2.05, 4.69) is 24.8 Å². The summed E-state index contributed by atoms with van der Waals surface area (Å²) in [4.78, 5) is 16.7. The molecular weight excluding hydrogens is 250 g/mol. The predicted octanol–water partition coefficient (Wildman–Crippen LogP) is 1.97. The third-order valence-electron chi connectivity index (χ3n) is 3.54. The van der Waals surface area contributed by atoms with Gasteiger partial charge in [0, 0.05) is 38.3 Å². The lowest BCUT2D eigenvalue weighted by atomic mass is 10.1. The van der Waals surface area contributed by atoms with E-state index in [9.17, 15) is 4.79 Å². The van der Waals surface area contributed by atoms with Gasteiger partial charge in [-0.1, -0.05) is 13.8 Å². The zero-order chi connectivity index (χ0) is 14.5. The number of benzene rings is 1. The van der Waals surface area contributed by atoms with Crippen LogP contribution < -0.4 is 0 Å². The molecule has 1 saturated heterocycles. The summed E-state index contributed by atoms with van der Waals surface area (Å²) in [6.45, 7) is 8.99. The molecule has 4 heteroatoms. The van der Waals surface area contributed by atoms with E-state index in [0.717, 1.165) is 32.7 Å². The van der Waals surface area contributed by atoms with E-state index in [1.807, 2.05) is 4.90 Å². The predicted molar refractivity (Wildman–Crippen MR) is 78.3 cm³/mol. The first-order chi connectivity index (χ1) is 9.60. The highest BCUT2D eigenvalue weighted by molar-refractivity contribution is 5.94. The number of carbonyl (C=O) groups excluding carboxylic acids is 1. The molecule has 0 aromatic heterocycles. The average Bonchev–Trinajstić information content (AvgIpc) is 2.47. The van der Waals surface area contributed by atoms with Gasteiger partial charge in [0.05, 0.1) is 11.6 Å². The quantitative estimate of drug-likeness (QED) is 0.844. The minimum Gasteiger partial charge on any atom is -0.336 e. The van der Waals surface area contributed by atoms with Gasteiger partial charge in [0.25, 0.3) is 5.91 Å². The number of hydrogen-bond acceptors (Lipinski definition) is 3. The zero-order valence-electron chi connectivity index (χ0n) is 12.2. The van der Waals surface area contributed by atoms with E-state index >= 15 is 0 Å². The summed E-state index contributed by atoms with van der Waals surface area (Å²) < 4.78 is 0. The van der Waals surface area contributed by atoms with Crippen LogP contribution in [0.5, 0.6) is 0 Å². The fourth-order valence-electron chi connectivity index (χ4n) is 2.52.